The highest BCUT2D eigenvalue weighted by Crippen LogP contribution is 2.27. The molecule has 0 aliphatic rings. The molecule has 0 bridgehead atoms. The highest BCUT2D eigenvalue weighted by Gasteiger charge is 2.16. The molecule has 0 radical (unpaired) electrons. The van der Waals surface area contributed by atoms with Gasteiger partial charge in [0.2, 0.25) is 5.91 Å². The molecule has 1 N–H and O–H groups in total. The normalized spacial score (nSPS) is 12.0. The van der Waals surface area contributed by atoms with E-state index in [0.29, 0.717) is 16.5 Å². The van der Waals surface area contributed by atoms with Gasteiger partial charge in [-0.25, -0.2) is 9.97 Å². The lowest BCUT2D eigenvalue weighted by atomic mass is 10.2. The van der Waals surface area contributed by atoms with Crippen LogP contribution in [0, 0.1) is 0 Å². The van der Waals surface area contributed by atoms with Gasteiger partial charge < -0.3 is 10.1 Å². The van der Waals surface area contributed by atoms with E-state index < -0.39 is 0 Å². The molecule has 0 saturated heterocycles. The standard InChI is InChI=1S/C16H19ClN4O2/c1-11(14-6-7-18-10-19-14)21(2)9-16(22)20-12-4-5-15(23-3)13(17)8-12/h4-8,10-11H,9H2,1-3H3,(H,20,22). The Bertz CT molecular complexity index is 666. The summed E-state index contributed by atoms with van der Waals surface area (Å²) in [7, 11) is 3.41. The van der Waals surface area contributed by atoms with Crippen molar-refractivity contribution >= 4 is 23.2 Å². The first kappa shape index (κ1) is 17.2. The minimum absolute atomic E-state index is 0.00297. The van der Waals surface area contributed by atoms with Crippen molar-refractivity contribution in [1.82, 2.24) is 14.9 Å². The van der Waals surface area contributed by atoms with E-state index in [1.54, 1.807) is 31.5 Å². The maximum absolute atomic E-state index is 12.2. The summed E-state index contributed by atoms with van der Waals surface area (Å²) in [5, 5.41) is 3.27. The Hall–Kier alpha value is -2.18. The van der Waals surface area contributed by atoms with Crippen LogP contribution in [0.3, 0.4) is 0 Å². The largest absolute Gasteiger partial charge is 0.495 e. The third kappa shape index (κ3) is 4.64. The number of nitrogens with zero attached hydrogens (tertiary/aromatic N) is 3. The Labute approximate surface area is 140 Å². The number of rotatable bonds is 6. The number of nitrogens with one attached hydrogen (secondary N) is 1. The molecular formula is C16H19ClN4O2. The van der Waals surface area contributed by atoms with Crippen LogP contribution in [-0.4, -0.2) is 41.5 Å². The molecule has 1 aromatic carbocycles. The second-order valence-electron chi connectivity index (χ2n) is 5.12. The number of ether oxygens (including phenoxy) is 1. The van der Waals surface area contributed by atoms with Crippen LogP contribution >= 0.6 is 11.6 Å². The molecule has 0 spiro atoms. The summed E-state index contributed by atoms with van der Waals surface area (Å²) in [6.45, 7) is 2.22. The molecule has 122 valence electrons. The van der Waals surface area contributed by atoms with E-state index in [2.05, 4.69) is 15.3 Å². The van der Waals surface area contributed by atoms with Crippen LogP contribution in [0.4, 0.5) is 5.69 Å². The molecule has 1 unspecified atom stereocenters. The number of anilines is 1. The highest BCUT2D eigenvalue weighted by atomic mass is 35.5. The van der Waals surface area contributed by atoms with Gasteiger partial charge in [-0.15, -0.1) is 0 Å². The molecule has 7 heteroatoms. The molecule has 1 heterocycles. The van der Waals surface area contributed by atoms with Gasteiger partial charge in [-0.3, -0.25) is 9.69 Å². The van der Waals surface area contributed by atoms with Gasteiger partial charge in [0.1, 0.15) is 12.1 Å². The molecule has 2 rings (SSSR count). The first-order valence-electron chi connectivity index (χ1n) is 7.10. The SMILES string of the molecule is COc1ccc(NC(=O)CN(C)C(C)c2ccncn2)cc1Cl. The number of carbonyl (C=O) groups is 1. The van der Waals surface area contributed by atoms with E-state index in [9.17, 15) is 4.79 Å². The fourth-order valence-corrected chi connectivity index (χ4v) is 2.34. The van der Waals surface area contributed by atoms with Crippen molar-refractivity contribution in [3.63, 3.8) is 0 Å². The Kier molecular flexibility index (Phi) is 5.90. The maximum Gasteiger partial charge on any atom is 0.238 e. The predicted molar refractivity (Wildman–Crippen MR) is 89.7 cm³/mol. The van der Waals surface area contributed by atoms with Gasteiger partial charge in [0.15, 0.2) is 0 Å². The number of likely N-dealkylation sites (N-methyl/N-ethyl adjacent to an activating group) is 1. The average Bonchev–Trinajstić information content (AvgIpc) is 2.55. The molecular weight excluding hydrogens is 316 g/mol. The summed E-state index contributed by atoms with van der Waals surface area (Å²) in [5.41, 5.74) is 1.49. The Morgan fingerprint density at radius 3 is 2.83 bits per heavy atom. The van der Waals surface area contributed by atoms with Gasteiger partial charge in [0.25, 0.3) is 0 Å². The fraction of sp³-hybridized carbons (Fsp3) is 0.312. The van der Waals surface area contributed by atoms with Crippen molar-refractivity contribution in [2.24, 2.45) is 0 Å². The summed E-state index contributed by atoms with van der Waals surface area (Å²) >= 11 is 6.05. The molecule has 6 nitrogen and oxygen atoms in total. The van der Waals surface area contributed by atoms with Crippen molar-refractivity contribution in [2.45, 2.75) is 13.0 Å². The molecule has 0 saturated carbocycles. The van der Waals surface area contributed by atoms with Crippen molar-refractivity contribution in [2.75, 3.05) is 26.0 Å². The van der Waals surface area contributed by atoms with Crippen molar-refractivity contribution in [1.29, 1.82) is 0 Å². The number of carbonyl (C=O) groups excluding carboxylic acids is 1. The number of hydrogen-bond donors (Lipinski definition) is 1. The van der Waals surface area contributed by atoms with Gasteiger partial charge in [-0.1, -0.05) is 11.6 Å². The predicted octanol–water partition coefficient (Wildman–Crippen LogP) is 2.77. The van der Waals surface area contributed by atoms with Gasteiger partial charge in [-0.05, 0) is 38.2 Å². The third-order valence-electron chi connectivity index (χ3n) is 3.52. The smallest absolute Gasteiger partial charge is 0.238 e. The fourth-order valence-electron chi connectivity index (χ4n) is 2.08. The summed E-state index contributed by atoms with van der Waals surface area (Å²) in [5.74, 6) is 0.439. The zero-order chi connectivity index (χ0) is 16.8. The molecule has 1 atom stereocenters. The summed E-state index contributed by atoms with van der Waals surface area (Å²) in [4.78, 5) is 22.2. The number of amides is 1. The van der Waals surface area contributed by atoms with Crippen LogP contribution in [0.15, 0.2) is 36.8 Å². The second-order valence-corrected chi connectivity index (χ2v) is 5.53. The van der Waals surface area contributed by atoms with Crippen molar-refractivity contribution in [3.05, 3.63) is 47.5 Å². The van der Waals surface area contributed by atoms with E-state index >= 15 is 0 Å². The van der Waals surface area contributed by atoms with Gasteiger partial charge in [-0.2, -0.15) is 0 Å². The monoisotopic (exact) mass is 334 g/mol. The highest BCUT2D eigenvalue weighted by molar-refractivity contribution is 6.32. The van der Waals surface area contributed by atoms with Gasteiger partial charge in [0, 0.05) is 17.9 Å². The van der Waals surface area contributed by atoms with Crippen LogP contribution in [0.5, 0.6) is 5.75 Å². The number of aromatic nitrogens is 2. The number of methoxy groups -OCH3 is 1. The lowest BCUT2D eigenvalue weighted by Crippen LogP contribution is -2.32. The molecule has 23 heavy (non-hydrogen) atoms. The van der Waals surface area contributed by atoms with Gasteiger partial charge >= 0.3 is 0 Å². The quantitative estimate of drug-likeness (QED) is 0.879. The maximum atomic E-state index is 12.2. The summed E-state index contributed by atoms with van der Waals surface area (Å²) < 4.78 is 5.09. The zero-order valence-electron chi connectivity index (χ0n) is 13.3. The molecule has 2 aromatic rings. The van der Waals surface area contributed by atoms with Crippen molar-refractivity contribution < 1.29 is 9.53 Å². The molecule has 0 fully saturated rings. The van der Waals surface area contributed by atoms with Crippen LogP contribution in [0.1, 0.15) is 18.7 Å². The molecule has 0 aliphatic heterocycles. The number of benzene rings is 1. The van der Waals surface area contributed by atoms with E-state index in [1.807, 2.05) is 24.9 Å². The Morgan fingerprint density at radius 2 is 2.22 bits per heavy atom. The van der Waals surface area contributed by atoms with Crippen molar-refractivity contribution in [3.8, 4) is 5.75 Å². The minimum atomic E-state index is -0.130. The second kappa shape index (κ2) is 7.89. The van der Waals surface area contributed by atoms with Crippen LogP contribution in [-0.2, 0) is 4.79 Å². The summed E-state index contributed by atoms with van der Waals surface area (Å²) in [6, 6.07) is 6.96. The first-order chi connectivity index (χ1) is 11.0. The van der Waals surface area contributed by atoms with Crippen LogP contribution in [0.2, 0.25) is 5.02 Å². The zero-order valence-corrected chi connectivity index (χ0v) is 14.0. The van der Waals surface area contributed by atoms with Crippen LogP contribution < -0.4 is 10.1 Å². The number of halogens is 1. The van der Waals surface area contributed by atoms with E-state index in [0.717, 1.165) is 5.69 Å². The average molecular weight is 335 g/mol. The summed E-state index contributed by atoms with van der Waals surface area (Å²) in [6.07, 6.45) is 3.19. The number of hydrogen-bond acceptors (Lipinski definition) is 5. The molecule has 1 aromatic heterocycles. The lowest BCUT2D eigenvalue weighted by molar-refractivity contribution is -0.117. The Morgan fingerprint density at radius 1 is 1.43 bits per heavy atom. The van der Waals surface area contributed by atoms with E-state index in [-0.39, 0.29) is 18.5 Å². The van der Waals surface area contributed by atoms with Gasteiger partial charge in [0.05, 0.1) is 24.4 Å². The third-order valence-corrected chi connectivity index (χ3v) is 3.82. The minimum Gasteiger partial charge on any atom is -0.495 e. The molecule has 0 aliphatic carbocycles. The topological polar surface area (TPSA) is 67.3 Å². The molecule has 1 amide bonds. The lowest BCUT2D eigenvalue weighted by Gasteiger charge is -2.23. The van der Waals surface area contributed by atoms with E-state index in [1.165, 1.54) is 6.33 Å². The first-order valence-corrected chi connectivity index (χ1v) is 7.48. The van der Waals surface area contributed by atoms with E-state index in [4.69, 9.17) is 16.3 Å². The Balaban J connectivity index is 1.95. The van der Waals surface area contributed by atoms with Crippen LogP contribution in [0.25, 0.3) is 0 Å².